The molecule has 1 amide bonds. The molecule has 2 aromatic heterocycles. The molecular weight excluding hydrogens is 372 g/mol. The first-order valence-electron chi connectivity index (χ1n) is 9.41. The Balaban J connectivity index is 1.54. The summed E-state index contributed by atoms with van der Waals surface area (Å²) in [6, 6.07) is 7.19. The fourth-order valence-corrected chi connectivity index (χ4v) is 3.49. The smallest absolute Gasteiger partial charge is 0.254 e. The lowest BCUT2D eigenvalue weighted by Crippen LogP contribution is -2.43. The van der Waals surface area contributed by atoms with Gasteiger partial charge in [-0.2, -0.15) is 4.98 Å². The molecule has 1 saturated heterocycles. The molecule has 0 unspecified atom stereocenters. The molecule has 29 heavy (non-hydrogen) atoms. The van der Waals surface area contributed by atoms with E-state index in [4.69, 9.17) is 14.0 Å². The van der Waals surface area contributed by atoms with Gasteiger partial charge >= 0.3 is 0 Å². The van der Waals surface area contributed by atoms with Crippen LogP contribution in [0.5, 0.6) is 5.75 Å². The molecule has 1 aromatic carbocycles. The topological polar surface area (TPSA) is 90.6 Å². The molecule has 0 spiro atoms. The normalized spacial score (nSPS) is 16.6. The molecular formula is C21H22N4O4. The number of aromatic nitrogens is 3. The number of rotatable bonds is 5. The standard InChI is InChI=1S/C21H22N4O4/c1-14-8-17(9-15(2)19(14)28-11-16-4-3-5-22-10-16)21(26)25-6-7-27-12-18(25)20-23-13-29-24-20/h3-5,8-10,13,18H,6-7,11-12H2,1-2H3/t18-/m1/s1. The molecule has 0 N–H and O–H groups in total. The fourth-order valence-electron chi connectivity index (χ4n) is 3.49. The SMILES string of the molecule is Cc1cc(C(=O)N2CCOC[C@@H]2c2ncon2)cc(C)c1OCc1cccnc1. The van der Waals surface area contributed by atoms with Crippen LogP contribution in [0.4, 0.5) is 0 Å². The second-order valence-electron chi connectivity index (χ2n) is 6.97. The number of pyridine rings is 1. The summed E-state index contributed by atoms with van der Waals surface area (Å²) in [4.78, 5) is 23.2. The third kappa shape index (κ3) is 4.12. The highest BCUT2D eigenvalue weighted by molar-refractivity contribution is 5.95. The third-order valence-electron chi connectivity index (χ3n) is 4.88. The van der Waals surface area contributed by atoms with E-state index in [-0.39, 0.29) is 11.9 Å². The van der Waals surface area contributed by atoms with E-state index in [9.17, 15) is 4.79 Å². The number of morpholine rings is 1. The van der Waals surface area contributed by atoms with E-state index in [1.807, 2.05) is 38.1 Å². The molecule has 8 heteroatoms. The van der Waals surface area contributed by atoms with E-state index in [2.05, 4.69) is 15.1 Å². The van der Waals surface area contributed by atoms with Crippen molar-refractivity contribution >= 4 is 5.91 Å². The summed E-state index contributed by atoms with van der Waals surface area (Å²) in [6.07, 6.45) is 4.77. The lowest BCUT2D eigenvalue weighted by Gasteiger charge is -2.34. The largest absolute Gasteiger partial charge is 0.488 e. The Bertz CT molecular complexity index is 953. The van der Waals surface area contributed by atoms with Crippen molar-refractivity contribution in [3.05, 3.63) is 71.1 Å². The van der Waals surface area contributed by atoms with Gasteiger partial charge in [0.2, 0.25) is 6.39 Å². The van der Waals surface area contributed by atoms with Gasteiger partial charge in [0.05, 0.1) is 13.2 Å². The van der Waals surface area contributed by atoms with Crippen molar-refractivity contribution in [2.45, 2.75) is 26.5 Å². The van der Waals surface area contributed by atoms with E-state index < -0.39 is 0 Å². The van der Waals surface area contributed by atoms with Crippen LogP contribution in [0, 0.1) is 13.8 Å². The van der Waals surface area contributed by atoms with E-state index in [1.54, 1.807) is 17.3 Å². The van der Waals surface area contributed by atoms with Gasteiger partial charge in [0.15, 0.2) is 5.82 Å². The van der Waals surface area contributed by atoms with Crippen LogP contribution in [0.15, 0.2) is 47.6 Å². The lowest BCUT2D eigenvalue weighted by molar-refractivity contribution is -0.00578. The van der Waals surface area contributed by atoms with Gasteiger partial charge in [-0.25, -0.2) is 0 Å². The molecule has 0 aliphatic carbocycles. The maximum atomic E-state index is 13.2. The van der Waals surface area contributed by atoms with Gasteiger partial charge in [0.1, 0.15) is 18.4 Å². The van der Waals surface area contributed by atoms with Crippen molar-refractivity contribution in [1.29, 1.82) is 0 Å². The number of benzene rings is 1. The molecule has 4 rings (SSSR count). The fraction of sp³-hybridized carbons (Fsp3) is 0.333. The predicted octanol–water partition coefficient (Wildman–Crippen LogP) is 2.87. The van der Waals surface area contributed by atoms with Crippen molar-refractivity contribution in [2.24, 2.45) is 0 Å². The number of hydrogen-bond donors (Lipinski definition) is 0. The maximum absolute atomic E-state index is 13.2. The summed E-state index contributed by atoms with van der Waals surface area (Å²) in [5.74, 6) is 1.14. The minimum Gasteiger partial charge on any atom is -0.488 e. The van der Waals surface area contributed by atoms with Gasteiger partial charge in [-0.05, 0) is 43.2 Å². The minimum absolute atomic E-state index is 0.0897. The molecule has 0 radical (unpaired) electrons. The molecule has 8 nitrogen and oxygen atoms in total. The third-order valence-corrected chi connectivity index (χ3v) is 4.88. The summed E-state index contributed by atoms with van der Waals surface area (Å²) in [5.41, 5.74) is 3.40. The van der Waals surface area contributed by atoms with E-state index in [0.717, 1.165) is 22.4 Å². The predicted molar refractivity (Wildman–Crippen MR) is 103 cm³/mol. The highest BCUT2D eigenvalue weighted by atomic mass is 16.5. The molecule has 1 aliphatic rings. The van der Waals surface area contributed by atoms with Gasteiger partial charge in [-0.1, -0.05) is 11.2 Å². The summed E-state index contributed by atoms with van der Waals surface area (Å²) >= 11 is 0. The Morgan fingerprint density at radius 3 is 2.83 bits per heavy atom. The number of amides is 1. The highest BCUT2D eigenvalue weighted by Crippen LogP contribution is 2.29. The molecule has 3 aromatic rings. The van der Waals surface area contributed by atoms with Crippen LogP contribution in [0.25, 0.3) is 0 Å². The summed E-state index contributed by atoms with van der Waals surface area (Å²) in [6.45, 7) is 5.60. The van der Waals surface area contributed by atoms with Gasteiger partial charge in [0, 0.05) is 30.1 Å². The summed E-state index contributed by atoms with van der Waals surface area (Å²) in [5, 5.41) is 3.88. The highest BCUT2D eigenvalue weighted by Gasteiger charge is 2.32. The second-order valence-corrected chi connectivity index (χ2v) is 6.97. The zero-order chi connectivity index (χ0) is 20.2. The van der Waals surface area contributed by atoms with Crippen LogP contribution in [-0.4, -0.2) is 45.7 Å². The van der Waals surface area contributed by atoms with Crippen LogP contribution in [-0.2, 0) is 11.3 Å². The van der Waals surface area contributed by atoms with E-state index >= 15 is 0 Å². The summed E-state index contributed by atoms with van der Waals surface area (Å²) < 4.78 is 16.4. The molecule has 1 aliphatic heterocycles. The monoisotopic (exact) mass is 394 g/mol. The Morgan fingerprint density at radius 1 is 1.31 bits per heavy atom. The number of carbonyl (C=O) groups is 1. The number of nitrogens with zero attached hydrogens (tertiary/aromatic N) is 4. The Hall–Kier alpha value is -3.26. The minimum atomic E-state index is -0.364. The number of aryl methyl sites for hydroxylation is 2. The molecule has 0 saturated carbocycles. The number of carbonyl (C=O) groups excluding carboxylic acids is 1. The second kappa shape index (κ2) is 8.40. The van der Waals surface area contributed by atoms with Crippen LogP contribution >= 0.6 is 0 Å². The van der Waals surface area contributed by atoms with Crippen LogP contribution in [0.2, 0.25) is 0 Å². The molecule has 0 bridgehead atoms. The van der Waals surface area contributed by atoms with E-state index in [1.165, 1.54) is 6.39 Å². The Labute approximate surface area is 168 Å². The summed E-state index contributed by atoms with van der Waals surface area (Å²) in [7, 11) is 0. The first-order valence-corrected chi connectivity index (χ1v) is 9.41. The van der Waals surface area contributed by atoms with Gasteiger partial charge in [-0.3, -0.25) is 9.78 Å². The van der Waals surface area contributed by atoms with Crippen LogP contribution in [0.3, 0.4) is 0 Å². The van der Waals surface area contributed by atoms with Crippen LogP contribution in [0.1, 0.15) is 38.9 Å². The Kier molecular flexibility index (Phi) is 5.53. The maximum Gasteiger partial charge on any atom is 0.254 e. The number of ether oxygens (including phenoxy) is 2. The van der Waals surface area contributed by atoms with E-state index in [0.29, 0.717) is 37.8 Å². The first-order chi connectivity index (χ1) is 14.1. The van der Waals surface area contributed by atoms with Crippen molar-refractivity contribution < 1.29 is 18.8 Å². The first kappa shape index (κ1) is 19.1. The van der Waals surface area contributed by atoms with Crippen molar-refractivity contribution in [3.8, 4) is 5.75 Å². The van der Waals surface area contributed by atoms with Crippen LogP contribution < -0.4 is 4.74 Å². The molecule has 3 heterocycles. The van der Waals surface area contributed by atoms with Crippen molar-refractivity contribution in [3.63, 3.8) is 0 Å². The lowest BCUT2D eigenvalue weighted by atomic mass is 10.0. The number of hydrogen-bond acceptors (Lipinski definition) is 7. The molecule has 1 fully saturated rings. The van der Waals surface area contributed by atoms with Crippen molar-refractivity contribution in [2.75, 3.05) is 19.8 Å². The zero-order valence-electron chi connectivity index (χ0n) is 16.4. The average molecular weight is 394 g/mol. The molecule has 150 valence electrons. The zero-order valence-corrected chi connectivity index (χ0v) is 16.4. The molecule has 1 atom stereocenters. The quantitative estimate of drug-likeness (QED) is 0.657. The Morgan fingerprint density at radius 2 is 2.14 bits per heavy atom. The van der Waals surface area contributed by atoms with Gasteiger partial charge in [-0.15, -0.1) is 0 Å². The van der Waals surface area contributed by atoms with Gasteiger partial charge < -0.3 is 18.9 Å². The van der Waals surface area contributed by atoms with Crippen molar-refractivity contribution in [1.82, 2.24) is 20.0 Å². The van der Waals surface area contributed by atoms with Gasteiger partial charge in [0.25, 0.3) is 5.91 Å². The average Bonchev–Trinajstić information content (AvgIpc) is 3.28.